The highest BCUT2D eigenvalue weighted by atomic mass is 19.1. The van der Waals surface area contributed by atoms with Crippen LogP contribution in [0.15, 0.2) is 72.8 Å². The van der Waals surface area contributed by atoms with Crippen LogP contribution in [0.25, 0.3) is 0 Å². The van der Waals surface area contributed by atoms with Crippen LogP contribution in [0, 0.1) is 11.7 Å². The molecule has 2 aliphatic rings. The Labute approximate surface area is 194 Å². The van der Waals surface area contributed by atoms with Gasteiger partial charge in [0, 0.05) is 25.1 Å². The molecule has 0 bridgehead atoms. The van der Waals surface area contributed by atoms with Crippen LogP contribution >= 0.6 is 0 Å². The fourth-order valence-electron chi connectivity index (χ4n) is 5.67. The fraction of sp³-hybridized carbons (Fsp3) is 0.321. The van der Waals surface area contributed by atoms with Crippen LogP contribution in [-0.2, 0) is 23.1 Å². The molecule has 0 radical (unpaired) electrons. The maximum absolute atomic E-state index is 14.3. The van der Waals surface area contributed by atoms with Gasteiger partial charge >= 0.3 is 0 Å². The lowest BCUT2D eigenvalue weighted by atomic mass is 9.64. The summed E-state index contributed by atoms with van der Waals surface area (Å²) in [6, 6.07) is 23.5. The number of ether oxygens (including phenoxy) is 1. The summed E-state index contributed by atoms with van der Waals surface area (Å²) in [4.78, 5) is 15.6. The molecule has 3 aromatic rings. The van der Waals surface area contributed by atoms with Gasteiger partial charge in [0.15, 0.2) is 11.6 Å². The molecule has 5 rings (SSSR count). The standard InChI is InChI=1S/C28H29FN2O2/c29-25-18-20(17-21-13-16-33-26(21)25)11-14-31-15-12-24(19-31)28(27(30)32,22-7-3-1-4-8-22)23-9-5-2-6-10-23/h1-10,17-18,24H,11-16,19H2,(H2,30,32)/t24-/m1/s1. The number of likely N-dealkylation sites (tertiary alicyclic amines) is 1. The number of hydrogen-bond acceptors (Lipinski definition) is 3. The molecule has 4 nitrogen and oxygen atoms in total. The van der Waals surface area contributed by atoms with E-state index in [0.717, 1.165) is 61.2 Å². The van der Waals surface area contributed by atoms with Crippen molar-refractivity contribution in [3.63, 3.8) is 0 Å². The van der Waals surface area contributed by atoms with Crippen LogP contribution in [-0.4, -0.2) is 37.0 Å². The lowest BCUT2D eigenvalue weighted by Crippen LogP contribution is -2.49. The SMILES string of the molecule is NC(=O)C(c1ccccc1)(c1ccccc1)[C@@H]1CCN(CCc2cc(F)c3c(c2)CCO3)C1. The third-order valence-corrected chi connectivity index (χ3v) is 7.25. The second-order valence-corrected chi connectivity index (χ2v) is 9.10. The molecule has 0 aliphatic carbocycles. The van der Waals surface area contributed by atoms with Crippen molar-refractivity contribution in [2.24, 2.45) is 11.7 Å². The molecule has 33 heavy (non-hydrogen) atoms. The molecule has 1 amide bonds. The Bertz CT molecular complexity index is 1090. The Balaban J connectivity index is 1.39. The van der Waals surface area contributed by atoms with Crippen LogP contribution < -0.4 is 10.5 Å². The molecular formula is C28H29FN2O2. The molecule has 0 aromatic heterocycles. The van der Waals surface area contributed by atoms with Crippen LogP contribution in [0.3, 0.4) is 0 Å². The molecular weight excluding hydrogens is 415 g/mol. The number of nitrogens with zero attached hydrogens (tertiary/aromatic N) is 1. The van der Waals surface area contributed by atoms with Gasteiger partial charge in [-0.1, -0.05) is 66.7 Å². The summed E-state index contributed by atoms with van der Waals surface area (Å²) >= 11 is 0. The van der Waals surface area contributed by atoms with Crippen molar-refractivity contribution in [3.8, 4) is 5.75 Å². The Morgan fingerprint density at radius 2 is 1.73 bits per heavy atom. The van der Waals surface area contributed by atoms with Gasteiger partial charge < -0.3 is 15.4 Å². The minimum Gasteiger partial charge on any atom is -0.490 e. The van der Waals surface area contributed by atoms with Crippen molar-refractivity contribution in [1.29, 1.82) is 0 Å². The van der Waals surface area contributed by atoms with E-state index >= 15 is 0 Å². The quantitative estimate of drug-likeness (QED) is 0.597. The van der Waals surface area contributed by atoms with Crippen LogP contribution in [0.1, 0.15) is 28.7 Å². The fourth-order valence-corrected chi connectivity index (χ4v) is 5.67. The van der Waals surface area contributed by atoms with Crippen LogP contribution in [0.5, 0.6) is 5.75 Å². The van der Waals surface area contributed by atoms with Gasteiger partial charge in [-0.05, 0) is 48.1 Å². The molecule has 170 valence electrons. The van der Waals surface area contributed by atoms with Crippen molar-refractivity contribution in [1.82, 2.24) is 4.90 Å². The van der Waals surface area contributed by atoms with Gasteiger partial charge in [0.25, 0.3) is 0 Å². The third-order valence-electron chi connectivity index (χ3n) is 7.25. The minimum absolute atomic E-state index is 0.0601. The number of halogens is 1. The largest absolute Gasteiger partial charge is 0.490 e. The third kappa shape index (κ3) is 3.91. The van der Waals surface area contributed by atoms with E-state index in [1.165, 1.54) is 0 Å². The van der Waals surface area contributed by atoms with E-state index < -0.39 is 5.41 Å². The number of carbonyl (C=O) groups excluding carboxylic acids is 1. The normalized spacial score (nSPS) is 18.2. The molecule has 2 heterocycles. The van der Waals surface area contributed by atoms with E-state index in [-0.39, 0.29) is 17.6 Å². The van der Waals surface area contributed by atoms with Gasteiger partial charge in [0.2, 0.25) is 5.91 Å². The summed E-state index contributed by atoms with van der Waals surface area (Å²) in [6.07, 6.45) is 2.40. The topological polar surface area (TPSA) is 55.6 Å². The molecule has 1 atom stereocenters. The molecule has 5 heteroatoms. The zero-order valence-electron chi connectivity index (χ0n) is 18.7. The molecule has 2 aliphatic heterocycles. The highest BCUT2D eigenvalue weighted by molar-refractivity contribution is 5.91. The van der Waals surface area contributed by atoms with Gasteiger partial charge in [0.05, 0.1) is 6.61 Å². The Kier molecular flexibility index (Phi) is 5.90. The monoisotopic (exact) mass is 444 g/mol. The first-order chi connectivity index (χ1) is 16.1. The van der Waals surface area contributed by atoms with Crippen molar-refractivity contribution in [2.75, 3.05) is 26.2 Å². The first-order valence-corrected chi connectivity index (χ1v) is 11.7. The smallest absolute Gasteiger partial charge is 0.232 e. The van der Waals surface area contributed by atoms with Gasteiger partial charge in [-0.25, -0.2) is 4.39 Å². The molecule has 3 aromatic carbocycles. The van der Waals surface area contributed by atoms with Crippen molar-refractivity contribution in [2.45, 2.75) is 24.7 Å². The summed E-state index contributed by atoms with van der Waals surface area (Å²) in [5.74, 6) is -0.102. The highest BCUT2D eigenvalue weighted by Gasteiger charge is 2.49. The second kappa shape index (κ2) is 8.99. The first kappa shape index (κ1) is 21.7. The molecule has 1 fully saturated rings. The van der Waals surface area contributed by atoms with E-state index in [2.05, 4.69) is 11.0 Å². The van der Waals surface area contributed by atoms with E-state index in [1.54, 1.807) is 6.07 Å². The predicted molar refractivity (Wildman–Crippen MR) is 127 cm³/mol. The summed E-state index contributed by atoms with van der Waals surface area (Å²) < 4.78 is 19.7. The maximum Gasteiger partial charge on any atom is 0.232 e. The van der Waals surface area contributed by atoms with Crippen LogP contribution in [0.4, 0.5) is 4.39 Å². The average molecular weight is 445 g/mol. The van der Waals surface area contributed by atoms with E-state index in [9.17, 15) is 9.18 Å². The summed E-state index contributed by atoms with van der Waals surface area (Å²) in [5, 5.41) is 0. The van der Waals surface area contributed by atoms with Crippen molar-refractivity contribution >= 4 is 5.91 Å². The number of nitrogens with two attached hydrogens (primary N) is 1. The summed E-state index contributed by atoms with van der Waals surface area (Å²) in [5.41, 5.74) is 9.14. The molecule has 0 saturated carbocycles. The highest BCUT2D eigenvalue weighted by Crippen LogP contribution is 2.43. The van der Waals surface area contributed by atoms with Gasteiger partial charge in [-0.3, -0.25) is 4.79 Å². The molecule has 0 spiro atoms. The molecule has 2 N–H and O–H groups in total. The number of carbonyl (C=O) groups is 1. The minimum atomic E-state index is -0.881. The van der Waals surface area contributed by atoms with Gasteiger partial charge in [-0.15, -0.1) is 0 Å². The average Bonchev–Trinajstić information content (AvgIpc) is 3.50. The molecule has 0 unspecified atom stereocenters. The van der Waals surface area contributed by atoms with Gasteiger partial charge in [-0.2, -0.15) is 0 Å². The molecule has 1 saturated heterocycles. The summed E-state index contributed by atoms with van der Waals surface area (Å²) in [7, 11) is 0. The summed E-state index contributed by atoms with van der Waals surface area (Å²) in [6.45, 7) is 3.02. The maximum atomic E-state index is 14.3. The number of benzene rings is 3. The number of fused-ring (bicyclic) bond motifs is 1. The van der Waals surface area contributed by atoms with Crippen LogP contribution in [0.2, 0.25) is 0 Å². The lowest BCUT2D eigenvalue weighted by molar-refractivity contribution is -0.123. The number of rotatable bonds is 7. The van der Waals surface area contributed by atoms with Gasteiger partial charge in [0.1, 0.15) is 5.41 Å². The number of primary amides is 1. The predicted octanol–water partition coefficient (Wildman–Crippen LogP) is 4.10. The number of amides is 1. The van der Waals surface area contributed by atoms with E-state index in [0.29, 0.717) is 12.4 Å². The second-order valence-electron chi connectivity index (χ2n) is 9.10. The zero-order chi connectivity index (χ0) is 22.8. The number of hydrogen-bond donors (Lipinski definition) is 1. The van der Waals surface area contributed by atoms with Crippen molar-refractivity contribution in [3.05, 3.63) is 101 Å². The Hall–Kier alpha value is -3.18. The Morgan fingerprint density at radius 3 is 2.36 bits per heavy atom. The Morgan fingerprint density at radius 1 is 1.06 bits per heavy atom. The van der Waals surface area contributed by atoms with E-state index in [4.69, 9.17) is 10.5 Å². The van der Waals surface area contributed by atoms with E-state index in [1.807, 2.05) is 60.7 Å². The zero-order valence-corrected chi connectivity index (χ0v) is 18.7. The van der Waals surface area contributed by atoms with Crippen molar-refractivity contribution < 1.29 is 13.9 Å². The lowest BCUT2D eigenvalue weighted by Gasteiger charge is -2.37. The first-order valence-electron chi connectivity index (χ1n) is 11.7.